The number of nitrogens with zero attached hydrogens (tertiary/aromatic N) is 1. The number of carbonyl (C=O) groups is 1. The highest BCUT2D eigenvalue weighted by molar-refractivity contribution is 5.64. The maximum atomic E-state index is 10.8. The van der Waals surface area contributed by atoms with Crippen molar-refractivity contribution in [2.24, 2.45) is 0 Å². The van der Waals surface area contributed by atoms with E-state index in [4.69, 9.17) is 14.6 Å². The number of morpholine rings is 1. The Balaban J connectivity index is 1.77. The summed E-state index contributed by atoms with van der Waals surface area (Å²) in [5.41, 5.74) is 2.41. The van der Waals surface area contributed by atoms with E-state index in [1.54, 1.807) is 0 Å². The van der Waals surface area contributed by atoms with Crippen LogP contribution in [0.15, 0.2) is 24.3 Å². The smallest absolute Gasteiger partial charge is 0.406 e. The van der Waals surface area contributed by atoms with Crippen LogP contribution in [0.4, 0.5) is 10.5 Å². The highest BCUT2D eigenvalue weighted by Gasteiger charge is 2.12. The van der Waals surface area contributed by atoms with Crippen LogP contribution in [0, 0.1) is 0 Å². The average Bonchev–Trinajstić information content (AvgIpc) is 2.60. The molecule has 1 heterocycles. The molecule has 2 rings (SSSR count). The second-order valence-corrected chi connectivity index (χ2v) is 5.97. The van der Waals surface area contributed by atoms with E-state index >= 15 is 0 Å². The molecule has 1 atom stereocenters. The number of amides is 1. The van der Waals surface area contributed by atoms with Crippen molar-refractivity contribution in [3.8, 4) is 0 Å². The Morgan fingerprint density at radius 3 is 2.67 bits per heavy atom. The molecule has 2 N–H and O–H groups in total. The maximum Gasteiger partial charge on any atom is 0.406 e. The molecule has 1 fully saturated rings. The molecule has 0 radical (unpaired) electrons. The van der Waals surface area contributed by atoms with Gasteiger partial charge in [0.15, 0.2) is 0 Å². The van der Waals surface area contributed by atoms with Gasteiger partial charge in [-0.05, 0) is 37.0 Å². The Morgan fingerprint density at radius 2 is 2.04 bits per heavy atom. The van der Waals surface area contributed by atoms with E-state index in [2.05, 4.69) is 41.4 Å². The predicted octanol–water partition coefficient (Wildman–Crippen LogP) is 2.87. The van der Waals surface area contributed by atoms with E-state index in [9.17, 15) is 4.79 Å². The molecule has 0 saturated carbocycles. The summed E-state index contributed by atoms with van der Waals surface area (Å²) in [6.07, 6.45) is 1.98. The van der Waals surface area contributed by atoms with E-state index in [0.717, 1.165) is 45.6 Å². The Kier molecular flexibility index (Phi) is 7.85. The molecule has 1 aromatic rings. The molecule has 24 heavy (non-hydrogen) atoms. The molecule has 0 aliphatic carbocycles. The molecule has 0 aromatic heterocycles. The molecular formula is C18H28N2O4. The van der Waals surface area contributed by atoms with Gasteiger partial charge in [-0.1, -0.05) is 25.5 Å². The highest BCUT2D eigenvalue weighted by atomic mass is 16.5. The number of benzene rings is 1. The number of nitrogens with one attached hydrogen (secondary N) is 1. The van der Waals surface area contributed by atoms with Crippen LogP contribution >= 0.6 is 0 Å². The third-order valence-electron chi connectivity index (χ3n) is 4.13. The van der Waals surface area contributed by atoms with Crippen molar-refractivity contribution < 1.29 is 19.4 Å². The molecule has 6 nitrogen and oxygen atoms in total. The van der Waals surface area contributed by atoms with E-state index in [1.165, 1.54) is 11.3 Å². The van der Waals surface area contributed by atoms with E-state index in [1.807, 2.05) is 0 Å². The van der Waals surface area contributed by atoms with Crippen LogP contribution in [0.25, 0.3) is 0 Å². The van der Waals surface area contributed by atoms with Gasteiger partial charge in [0.25, 0.3) is 0 Å². The second kappa shape index (κ2) is 10.2. The minimum Gasteiger partial charge on any atom is -0.465 e. The quantitative estimate of drug-likeness (QED) is 0.679. The summed E-state index contributed by atoms with van der Waals surface area (Å²) >= 11 is 0. The number of rotatable bonds is 9. The number of unbranched alkanes of at least 4 members (excludes halogenated alkanes) is 1. The van der Waals surface area contributed by atoms with E-state index < -0.39 is 12.3 Å². The summed E-state index contributed by atoms with van der Waals surface area (Å²) in [4.78, 5) is 13.1. The number of hydrogen-bond donors (Lipinski definition) is 2. The minimum absolute atomic E-state index is 0.421. The number of ether oxygens (including phenoxy) is 2. The van der Waals surface area contributed by atoms with Crippen LogP contribution in [0.2, 0.25) is 0 Å². The summed E-state index contributed by atoms with van der Waals surface area (Å²) in [7, 11) is 0. The fraction of sp³-hybridized carbons (Fsp3) is 0.611. The van der Waals surface area contributed by atoms with Gasteiger partial charge in [0, 0.05) is 18.8 Å². The number of carboxylic acid groups (broad SMARTS) is 1. The molecule has 0 spiro atoms. The normalized spacial score (nSPS) is 16.0. The summed E-state index contributed by atoms with van der Waals surface area (Å²) in [5, 5.41) is 11.3. The van der Waals surface area contributed by atoms with Crippen LogP contribution in [-0.4, -0.2) is 50.3 Å². The Morgan fingerprint density at radius 1 is 1.33 bits per heavy atom. The summed E-state index contributed by atoms with van der Waals surface area (Å²) in [6.45, 7) is 6.01. The molecule has 1 aliphatic heterocycles. The average molecular weight is 336 g/mol. The van der Waals surface area contributed by atoms with E-state index in [-0.39, 0.29) is 0 Å². The summed E-state index contributed by atoms with van der Waals surface area (Å²) in [5.74, 6) is 0. The first-order valence-electron chi connectivity index (χ1n) is 8.71. The molecule has 1 unspecified atom stereocenters. The fourth-order valence-corrected chi connectivity index (χ4v) is 2.74. The molecule has 1 amide bonds. The first-order chi connectivity index (χ1) is 11.7. The monoisotopic (exact) mass is 336 g/mol. The van der Waals surface area contributed by atoms with Gasteiger partial charge in [-0.3, -0.25) is 5.32 Å². The second-order valence-electron chi connectivity index (χ2n) is 5.97. The van der Waals surface area contributed by atoms with Crippen molar-refractivity contribution in [1.29, 1.82) is 0 Å². The molecule has 0 bridgehead atoms. The molecule has 6 heteroatoms. The maximum absolute atomic E-state index is 10.8. The molecule has 1 aromatic carbocycles. The lowest BCUT2D eigenvalue weighted by atomic mass is 10.1. The van der Waals surface area contributed by atoms with Gasteiger partial charge >= 0.3 is 6.09 Å². The van der Waals surface area contributed by atoms with Crippen LogP contribution in [-0.2, 0) is 15.9 Å². The van der Waals surface area contributed by atoms with Crippen molar-refractivity contribution in [2.45, 2.75) is 38.8 Å². The predicted molar refractivity (Wildman–Crippen MR) is 93.6 cm³/mol. The lowest BCUT2D eigenvalue weighted by molar-refractivity contribution is 0.0263. The molecular weight excluding hydrogens is 308 g/mol. The summed E-state index contributed by atoms with van der Waals surface area (Å²) < 4.78 is 11.1. The van der Waals surface area contributed by atoms with Crippen LogP contribution in [0.1, 0.15) is 31.7 Å². The third kappa shape index (κ3) is 6.37. The lowest BCUT2D eigenvalue weighted by Gasteiger charge is -2.28. The van der Waals surface area contributed by atoms with E-state index in [0.29, 0.717) is 13.0 Å². The van der Waals surface area contributed by atoms with Gasteiger partial charge < -0.3 is 19.5 Å². The zero-order chi connectivity index (χ0) is 17.2. The van der Waals surface area contributed by atoms with Gasteiger partial charge in [0.05, 0.1) is 19.8 Å². The van der Waals surface area contributed by atoms with Gasteiger partial charge in [-0.25, -0.2) is 4.79 Å². The Labute approximate surface area is 143 Å². The SMILES string of the molecule is CCCCC(NC(=O)O)OCCc1ccc(N2CCOCC2)cc1. The largest absolute Gasteiger partial charge is 0.465 e. The third-order valence-corrected chi connectivity index (χ3v) is 4.13. The Hall–Kier alpha value is -1.79. The van der Waals surface area contributed by atoms with Crippen LogP contribution in [0.3, 0.4) is 0 Å². The van der Waals surface area contributed by atoms with Gasteiger partial charge in [-0.2, -0.15) is 0 Å². The van der Waals surface area contributed by atoms with Crippen molar-refractivity contribution in [2.75, 3.05) is 37.8 Å². The van der Waals surface area contributed by atoms with Crippen molar-refractivity contribution in [3.05, 3.63) is 29.8 Å². The fourth-order valence-electron chi connectivity index (χ4n) is 2.74. The van der Waals surface area contributed by atoms with Crippen LogP contribution < -0.4 is 10.2 Å². The first kappa shape index (κ1) is 18.5. The number of anilines is 1. The topological polar surface area (TPSA) is 71.0 Å². The first-order valence-corrected chi connectivity index (χ1v) is 8.71. The van der Waals surface area contributed by atoms with Crippen molar-refractivity contribution in [1.82, 2.24) is 5.32 Å². The number of hydrogen-bond acceptors (Lipinski definition) is 4. The van der Waals surface area contributed by atoms with Gasteiger partial charge in [-0.15, -0.1) is 0 Å². The standard InChI is InChI=1S/C18H28N2O4/c1-2-3-4-17(19-18(21)22)24-12-9-15-5-7-16(8-6-15)20-10-13-23-14-11-20/h5-8,17,19H,2-4,9-14H2,1H3,(H,21,22). The van der Waals surface area contributed by atoms with Crippen molar-refractivity contribution in [3.63, 3.8) is 0 Å². The highest BCUT2D eigenvalue weighted by Crippen LogP contribution is 2.17. The zero-order valence-corrected chi connectivity index (χ0v) is 14.4. The van der Waals surface area contributed by atoms with Crippen LogP contribution in [0.5, 0.6) is 0 Å². The molecule has 1 aliphatic rings. The zero-order valence-electron chi connectivity index (χ0n) is 14.4. The van der Waals surface area contributed by atoms with Gasteiger partial charge in [0.1, 0.15) is 6.23 Å². The summed E-state index contributed by atoms with van der Waals surface area (Å²) in [6, 6.07) is 8.48. The Bertz CT molecular complexity index is 486. The lowest BCUT2D eigenvalue weighted by Crippen LogP contribution is -2.36. The minimum atomic E-state index is -1.04. The molecule has 1 saturated heterocycles. The van der Waals surface area contributed by atoms with Gasteiger partial charge in [0.2, 0.25) is 0 Å². The van der Waals surface area contributed by atoms with Crippen molar-refractivity contribution >= 4 is 11.8 Å². The molecule has 134 valence electrons.